The SMILES string of the molecule is CCN(c1ccc(Br)cc1F)S(=O)(=O)c1ccc(SC)cc1. The minimum Gasteiger partial charge on any atom is -0.264 e. The molecule has 2 rings (SSSR count). The molecule has 0 fully saturated rings. The fraction of sp³-hybridized carbons (Fsp3) is 0.200. The van der Waals surface area contributed by atoms with E-state index in [0.717, 1.165) is 9.20 Å². The first-order chi connectivity index (χ1) is 10.4. The van der Waals surface area contributed by atoms with E-state index < -0.39 is 15.8 Å². The molecule has 0 bridgehead atoms. The van der Waals surface area contributed by atoms with Gasteiger partial charge in [0.1, 0.15) is 5.82 Å². The summed E-state index contributed by atoms with van der Waals surface area (Å²) in [4.78, 5) is 1.12. The van der Waals surface area contributed by atoms with Crippen molar-refractivity contribution in [3.63, 3.8) is 0 Å². The molecule has 0 amide bonds. The smallest absolute Gasteiger partial charge is 0.264 e. The molecule has 7 heteroatoms. The van der Waals surface area contributed by atoms with Gasteiger partial charge in [-0.2, -0.15) is 0 Å². The van der Waals surface area contributed by atoms with Crippen LogP contribution in [0.2, 0.25) is 0 Å². The van der Waals surface area contributed by atoms with Gasteiger partial charge in [-0.1, -0.05) is 15.9 Å². The Kier molecular flexibility index (Phi) is 5.52. The molecule has 0 radical (unpaired) electrons. The van der Waals surface area contributed by atoms with Crippen LogP contribution in [0.4, 0.5) is 10.1 Å². The standard InChI is InChI=1S/C15H15BrFNO2S2/c1-3-18(15-9-4-11(16)10-14(15)17)22(19,20)13-7-5-12(21-2)6-8-13/h4-10H,3H2,1-2H3. The van der Waals surface area contributed by atoms with Gasteiger partial charge in [0.25, 0.3) is 10.0 Å². The molecule has 3 nitrogen and oxygen atoms in total. The van der Waals surface area contributed by atoms with Gasteiger partial charge in [-0.05, 0) is 55.6 Å². The molecule has 0 atom stereocenters. The number of anilines is 1. The van der Waals surface area contributed by atoms with Crippen molar-refractivity contribution in [1.82, 2.24) is 0 Å². The monoisotopic (exact) mass is 403 g/mol. The Morgan fingerprint density at radius 1 is 1.18 bits per heavy atom. The number of sulfonamides is 1. The number of benzene rings is 2. The van der Waals surface area contributed by atoms with Crippen LogP contribution in [-0.4, -0.2) is 21.2 Å². The van der Waals surface area contributed by atoms with Crippen LogP contribution in [0.25, 0.3) is 0 Å². The topological polar surface area (TPSA) is 37.4 Å². The molecular weight excluding hydrogens is 389 g/mol. The van der Waals surface area contributed by atoms with Gasteiger partial charge in [0.2, 0.25) is 0 Å². The van der Waals surface area contributed by atoms with Crippen LogP contribution in [0.3, 0.4) is 0 Å². The van der Waals surface area contributed by atoms with Gasteiger partial charge in [-0.25, -0.2) is 12.8 Å². The zero-order valence-electron chi connectivity index (χ0n) is 12.1. The average Bonchev–Trinajstić information content (AvgIpc) is 2.50. The van der Waals surface area contributed by atoms with E-state index in [1.165, 1.54) is 23.9 Å². The summed E-state index contributed by atoms with van der Waals surface area (Å²) in [5.74, 6) is -0.583. The van der Waals surface area contributed by atoms with Crippen LogP contribution in [0.1, 0.15) is 6.92 Å². The van der Waals surface area contributed by atoms with Crippen molar-refractivity contribution in [3.8, 4) is 0 Å². The zero-order valence-corrected chi connectivity index (χ0v) is 15.3. The first-order valence-electron chi connectivity index (χ1n) is 6.52. The normalized spacial score (nSPS) is 11.5. The van der Waals surface area contributed by atoms with Crippen LogP contribution < -0.4 is 4.31 Å². The summed E-state index contributed by atoms with van der Waals surface area (Å²) in [5, 5.41) is 0. The van der Waals surface area contributed by atoms with Gasteiger partial charge in [0, 0.05) is 15.9 Å². The lowest BCUT2D eigenvalue weighted by Crippen LogP contribution is -2.31. The van der Waals surface area contributed by atoms with Crippen molar-refractivity contribution in [3.05, 3.63) is 52.8 Å². The fourth-order valence-electron chi connectivity index (χ4n) is 2.03. The predicted octanol–water partition coefficient (Wildman–Crippen LogP) is 4.53. The maximum Gasteiger partial charge on any atom is 0.264 e. The quantitative estimate of drug-likeness (QED) is 0.688. The highest BCUT2D eigenvalue weighted by Crippen LogP contribution is 2.29. The lowest BCUT2D eigenvalue weighted by molar-refractivity contribution is 0.586. The highest BCUT2D eigenvalue weighted by molar-refractivity contribution is 9.10. The Morgan fingerprint density at radius 3 is 2.32 bits per heavy atom. The third-order valence-electron chi connectivity index (χ3n) is 3.11. The van der Waals surface area contributed by atoms with Crippen LogP contribution in [0.15, 0.2) is 56.7 Å². The molecular formula is C15H15BrFNO2S2. The molecule has 0 aliphatic carbocycles. The largest absolute Gasteiger partial charge is 0.264 e. The van der Waals surface area contributed by atoms with Crippen LogP contribution >= 0.6 is 27.7 Å². The van der Waals surface area contributed by atoms with E-state index in [0.29, 0.717) is 4.47 Å². The minimum absolute atomic E-state index is 0.0413. The highest BCUT2D eigenvalue weighted by Gasteiger charge is 2.25. The maximum atomic E-state index is 14.1. The summed E-state index contributed by atoms with van der Waals surface area (Å²) in [5.41, 5.74) is 0.0413. The fourth-order valence-corrected chi connectivity index (χ4v) is 4.25. The highest BCUT2D eigenvalue weighted by atomic mass is 79.9. The molecule has 22 heavy (non-hydrogen) atoms. The summed E-state index contributed by atoms with van der Waals surface area (Å²) in [6.07, 6.45) is 1.92. The van der Waals surface area contributed by atoms with E-state index in [2.05, 4.69) is 15.9 Å². The average molecular weight is 404 g/mol. The molecule has 0 saturated carbocycles. The third kappa shape index (κ3) is 3.47. The molecule has 0 aliphatic heterocycles. The third-order valence-corrected chi connectivity index (χ3v) is 6.25. The molecule has 2 aromatic rings. The molecule has 2 aromatic carbocycles. The molecule has 118 valence electrons. The van der Waals surface area contributed by atoms with E-state index in [-0.39, 0.29) is 17.1 Å². The van der Waals surface area contributed by atoms with Gasteiger partial charge >= 0.3 is 0 Å². The molecule has 0 aliphatic rings. The number of thioether (sulfide) groups is 1. The van der Waals surface area contributed by atoms with Crippen LogP contribution in [0, 0.1) is 5.82 Å². The first-order valence-corrected chi connectivity index (χ1v) is 9.97. The Hall–Kier alpha value is -1.05. The van der Waals surface area contributed by atoms with E-state index in [4.69, 9.17) is 0 Å². The number of hydrogen-bond acceptors (Lipinski definition) is 3. The van der Waals surface area contributed by atoms with Crippen molar-refractivity contribution in [1.29, 1.82) is 0 Å². The van der Waals surface area contributed by atoms with Crippen molar-refractivity contribution in [2.45, 2.75) is 16.7 Å². The van der Waals surface area contributed by atoms with Gasteiger partial charge in [-0.15, -0.1) is 11.8 Å². The lowest BCUT2D eigenvalue weighted by Gasteiger charge is -2.23. The van der Waals surface area contributed by atoms with Gasteiger partial charge in [0.15, 0.2) is 0 Å². The van der Waals surface area contributed by atoms with Gasteiger partial charge in [0.05, 0.1) is 10.6 Å². The Balaban J connectivity index is 2.48. The molecule has 0 spiro atoms. The van der Waals surface area contributed by atoms with E-state index in [1.54, 1.807) is 37.3 Å². The second kappa shape index (κ2) is 7.02. The lowest BCUT2D eigenvalue weighted by atomic mass is 10.3. The number of hydrogen-bond donors (Lipinski definition) is 0. The summed E-state index contributed by atoms with van der Waals surface area (Å²) in [6.45, 7) is 1.82. The summed E-state index contributed by atoms with van der Waals surface area (Å²) in [7, 11) is -3.80. The second-order valence-electron chi connectivity index (χ2n) is 4.44. The van der Waals surface area contributed by atoms with E-state index in [1.807, 2.05) is 6.26 Å². The maximum absolute atomic E-state index is 14.1. The Bertz CT molecular complexity index is 764. The van der Waals surface area contributed by atoms with Gasteiger partial charge in [-0.3, -0.25) is 4.31 Å². The second-order valence-corrected chi connectivity index (χ2v) is 8.10. The summed E-state index contributed by atoms with van der Waals surface area (Å²) >= 11 is 4.70. The molecule has 0 heterocycles. The predicted molar refractivity (Wildman–Crippen MR) is 92.5 cm³/mol. The zero-order chi connectivity index (χ0) is 16.3. The number of rotatable bonds is 5. The molecule has 0 N–H and O–H groups in total. The van der Waals surface area contributed by atoms with Crippen molar-refractivity contribution in [2.24, 2.45) is 0 Å². The van der Waals surface area contributed by atoms with Gasteiger partial charge < -0.3 is 0 Å². The Labute approximate surface area is 142 Å². The molecule has 0 aromatic heterocycles. The van der Waals surface area contributed by atoms with E-state index >= 15 is 0 Å². The summed E-state index contributed by atoms with van der Waals surface area (Å²) < 4.78 is 41.2. The van der Waals surface area contributed by atoms with Crippen LogP contribution in [0.5, 0.6) is 0 Å². The van der Waals surface area contributed by atoms with Crippen molar-refractivity contribution >= 4 is 43.4 Å². The number of halogens is 2. The molecule has 0 unspecified atom stereocenters. The Morgan fingerprint density at radius 2 is 1.82 bits per heavy atom. The van der Waals surface area contributed by atoms with Crippen molar-refractivity contribution in [2.75, 3.05) is 17.1 Å². The summed E-state index contributed by atoms with van der Waals surface area (Å²) in [6, 6.07) is 10.9. The molecule has 0 saturated heterocycles. The van der Waals surface area contributed by atoms with Crippen LogP contribution in [-0.2, 0) is 10.0 Å². The first kappa shape index (κ1) is 17.3. The van der Waals surface area contributed by atoms with Crippen molar-refractivity contribution < 1.29 is 12.8 Å². The van der Waals surface area contributed by atoms with E-state index in [9.17, 15) is 12.8 Å². The number of nitrogens with zero attached hydrogens (tertiary/aromatic N) is 1. The minimum atomic E-state index is -3.80.